The average molecular weight is 875 g/mol. The maximum atomic E-state index is 2.48. The fourth-order valence-corrected chi connectivity index (χ4v) is 12.5. The number of fused-ring (bicyclic) bond motifs is 10. The van der Waals surface area contributed by atoms with Gasteiger partial charge in [-0.3, -0.25) is 0 Å². The topological polar surface area (TPSA) is 9.86 Å². The molecule has 0 saturated heterocycles. The van der Waals surface area contributed by atoms with Crippen molar-refractivity contribution in [2.24, 2.45) is 0 Å². The van der Waals surface area contributed by atoms with Gasteiger partial charge >= 0.3 is 0 Å². The van der Waals surface area contributed by atoms with E-state index in [4.69, 9.17) is 0 Å². The summed E-state index contributed by atoms with van der Waals surface area (Å²) in [4.78, 5) is 5.40. The molecule has 9 aromatic carbocycles. The Hall–Kier alpha value is -6.66. The minimum atomic E-state index is 0.155. The molecule has 0 radical (unpaired) electrons. The zero-order chi connectivity index (χ0) is 44.6. The van der Waals surface area contributed by atoms with Crippen molar-refractivity contribution >= 4 is 90.2 Å². The summed E-state index contributed by atoms with van der Waals surface area (Å²) in [6, 6.07) is 74.2. The van der Waals surface area contributed by atoms with Crippen molar-refractivity contribution in [3.63, 3.8) is 0 Å². The van der Waals surface area contributed by atoms with Crippen LogP contribution >= 0.6 is 23.5 Å². The maximum absolute atomic E-state index is 2.48. The Morgan fingerprint density at radius 1 is 0.338 bits per heavy atom. The molecule has 0 saturated carbocycles. The molecule has 13 rings (SSSR count). The molecule has 4 heterocycles. The Bertz CT molecular complexity index is 3170. The quantitative estimate of drug-likeness (QED) is 0.163. The molecule has 11 aromatic rings. The summed E-state index contributed by atoms with van der Waals surface area (Å²) in [6.07, 6.45) is 0. The van der Waals surface area contributed by atoms with Gasteiger partial charge in [0, 0.05) is 52.5 Å². The van der Waals surface area contributed by atoms with Gasteiger partial charge in [0.25, 0.3) is 0 Å². The van der Waals surface area contributed by atoms with E-state index in [2.05, 4.69) is 209 Å². The van der Waals surface area contributed by atoms with Crippen molar-refractivity contribution in [1.82, 2.24) is 9.13 Å². The van der Waals surface area contributed by atoms with Gasteiger partial charge in [-0.1, -0.05) is 209 Å². The lowest BCUT2D eigenvalue weighted by Gasteiger charge is -2.35. The normalized spacial score (nSPS) is 12.0. The molecule has 0 N–H and O–H groups in total. The largest absolute Gasteiger partial charge is 0.309 e. The summed E-state index contributed by atoms with van der Waals surface area (Å²) in [7, 11) is 0. The Kier molecular flexibility index (Phi) is 11.8. The highest BCUT2D eigenvalue weighted by Gasteiger charge is 2.40. The lowest BCUT2D eigenvalue weighted by molar-refractivity contribution is 1.18. The number of rotatable bonds is 4. The Morgan fingerprint density at radius 2 is 0.646 bits per heavy atom. The molecular weight excluding hydrogens is 824 g/mol. The van der Waals surface area contributed by atoms with Gasteiger partial charge in [0.2, 0.25) is 6.71 Å². The predicted octanol–water partition coefficient (Wildman–Crippen LogP) is 15.7. The first-order valence-electron chi connectivity index (χ1n) is 23.2. The Balaban J connectivity index is 0.000000799. The van der Waals surface area contributed by atoms with Gasteiger partial charge in [0.15, 0.2) is 0 Å². The lowest BCUT2D eigenvalue weighted by atomic mass is 9.36. The molecule has 2 aromatic heterocycles. The minimum Gasteiger partial charge on any atom is -0.309 e. The van der Waals surface area contributed by atoms with Gasteiger partial charge in [0.05, 0.1) is 22.1 Å². The second-order valence-corrected chi connectivity index (χ2v) is 17.7. The van der Waals surface area contributed by atoms with Crippen LogP contribution in [-0.4, -0.2) is 15.8 Å². The summed E-state index contributed by atoms with van der Waals surface area (Å²) in [5.41, 5.74) is 16.5. The van der Waals surface area contributed by atoms with E-state index in [0.29, 0.717) is 0 Å². The molecule has 0 bridgehead atoms. The standard InChI is InChI=1S/C54H33BN2S2.3C2H6/c1-7-19-46-38(13-1)39-14-2-8-20-47(39)56(46)36-29-25-34(26-30-36)42-33-43(35-27-31-37(32-28-35)57-48-21-9-3-15-40(48)41-16-4-10-22-49(41)57)54-52-53(42)58-50-23-11-5-17-44(50)55(52)45-18-6-12-24-51(45)59-54;3*1-2/h1-33H;3*1-2H3. The summed E-state index contributed by atoms with van der Waals surface area (Å²) in [6.45, 7) is 12.2. The molecular formula is C60H51BN2S2. The minimum absolute atomic E-state index is 0.155. The van der Waals surface area contributed by atoms with Crippen LogP contribution in [0.2, 0.25) is 0 Å². The van der Waals surface area contributed by atoms with E-state index in [1.807, 2.05) is 65.1 Å². The third-order valence-electron chi connectivity index (χ3n) is 12.5. The summed E-state index contributed by atoms with van der Waals surface area (Å²) in [5.74, 6) is 0. The van der Waals surface area contributed by atoms with Crippen molar-refractivity contribution in [1.29, 1.82) is 0 Å². The van der Waals surface area contributed by atoms with Gasteiger partial charge in [-0.15, -0.1) is 0 Å². The third kappa shape index (κ3) is 6.92. The Labute approximate surface area is 392 Å². The third-order valence-corrected chi connectivity index (χ3v) is 14.9. The van der Waals surface area contributed by atoms with Gasteiger partial charge in [-0.25, -0.2) is 0 Å². The molecule has 0 fully saturated rings. The van der Waals surface area contributed by atoms with E-state index in [0.717, 1.165) is 0 Å². The average Bonchev–Trinajstić information content (AvgIpc) is 3.91. The smallest absolute Gasteiger partial charge is 0.247 e. The van der Waals surface area contributed by atoms with E-state index in [1.165, 1.54) is 113 Å². The zero-order valence-electron chi connectivity index (χ0n) is 37.8. The van der Waals surface area contributed by atoms with Crippen LogP contribution in [-0.2, 0) is 0 Å². The number of hydrogen-bond acceptors (Lipinski definition) is 2. The SMILES string of the molecule is CC.CC.CC.c1ccc2c(c1)Sc1c(-c3ccc(-n4c5ccccc5c5ccccc54)cc3)cc(-c3ccc(-n4c5ccccc5c5ccccc54)cc3)c3c1B2c1ccccc1S3. The lowest BCUT2D eigenvalue weighted by Crippen LogP contribution is -2.58. The molecule has 316 valence electrons. The number of nitrogens with zero attached hydrogens (tertiary/aromatic N) is 2. The van der Waals surface area contributed by atoms with Crippen LogP contribution in [0.25, 0.3) is 77.2 Å². The summed E-state index contributed by atoms with van der Waals surface area (Å²) < 4.78 is 4.81. The number of benzene rings is 9. The van der Waals surface area contributed by atoms with Gasteiger partial charge in [-0.05, 0) is 94.4 Å². The number of aromatic nitrogens is 2. The molecule has 2 nitrogen and oxygen atoms in total. The first-order valence-corrected chi connectivity index (χ1v) is 24.8. The predicted molar refractivity (Wildman–Crippen MR) is 286 cm³/mol. The highest BCUT2D eigenvalue weighted by Crippen LogP contribution is 2.48. The van der Waals surface area contributed by atoms with Gasteiger partial charge < -0.3 is 9.13 Å². The summed E-state index contributed by atoms with van der Waals surface area (Å²) in [5, 5.41) is 5.11. The summed E-state index contributed by atoms with van der Waals surface area (Å²) >= 11 is 3.87. The molecule has 2 aliphatic heterocycles. The van der Waals surface area contributed by atoms with Crippen LogP contribution in [0.1, 0.15) is 41.5 Å². The number of para-hydroxylation sites is 4. The number of hydrogen-bond donors (Lipinski definition) is 0. The molecule has 5 heteroatoms. The fraction of sp³-hybridized carbons (Fsp3) is 0.100. The monoisotopic (exact) mass is 874 g/mol. The first kappa shape index (κ1) is 42.3. The van der Waals surface area contributed by atoms with Crippen LogP contribution in [0.15, 0.2) is 220 Å². The van der Waals surface area contributed by atoms with Crippen LogP contribution in [0, 0.1) is 0 Å². The van der Waals surface area contributed by atoms with Crippen LogP contribution in [0.3, 0.4) is 0 Å². The van der Waals surface area contributed by atoms with E-state index in [1.54, 1.807) is 0 Å². The second-order valence-electron chi connectivity index (χ2n) is 15.6. The van der Waals surface area contributed by atoms with E-state index in [9.17, 15) is 0 Å². The van der Waals surface area contributed by atoms with Crippen LogP contribution < -0.4 is 16.4 Å². The van der Waals surface area contributed by atoms with Crippen molar-refractivity contribution in [3.8, 4) is 33.6 Å². The molecule has 0 amide bonds. The highest BCUT2D eigenvalue weighted by molar-refractivity contribution is 8.01. The van der Waals surface area contributed by atoms with Crippen LogP contribution in [0.4, 0.5) is 0 Å². The van der Waals surface area contributed by atoms with Crippen LogP contribution in [0.5, 0.6) is 0 Å². The van der Waals surface area contributed by atoms with Gasteiger partial charge in [0.1, 0.15) is 0 Å². The molecule has 0 unspecified atom stereocenters. The van der Waals surface area contributed by atoms with E-state index in [-0.39, 0.29) is 6.71 Å². The van der Waals surface area contributed by atoms with Crippen molar-refractivity contribution in [2.75, 3.05) is 0 Å². The fourth-order valence-electron chi connectivity index (χ4n) is 9.88. The zero-order valence-corrected chi connectivity index (χ0v) is 39.5. The highest BCUT2D eigenvalue weighted by atomic mass is 32.2. The molecule has 2 aliphatic rings. The van der Waals surface area contributed by atoms with Crippen molar-refractivity contribution in [2.45, 2.75) is 61.1 Å². The Morgan fingerprint density at radius 3 is 1.00 bits per heavy atom. The van der Waals surface area contributed by atoms with Gasteiger partial charge in [-0.2, -0.15) is 0 Å². The molecule has 0 atom stereocenters. The first-order chi connectivity index (χ1) is 32.3. The second kappa shape index (κ2) is 18.1. The van der Waals surface area contributed by atoms with E-state index < -0.39 is 0 Å². The van der Waals surface area contributed by atoms with E-state index >= 15 is 0 Å². The molecule has 0 aliphatic carbocycles. The van der Waals surface area contributed by atoms with Crippen molar-refractivity contribution < 1.29 is 0 Å². The molecule has 65 heavy (non-hydrogen) atoms. The maximum Gasteiger partial charge on any atom is 0.247 e. The molecule has 0 spiro atoms. The van der Waals surface area contributed by atoms with Crippen molar-refractivity contribution in [3.05, 3.63) is 200 Å².